The Bertz CT molecular complexity index is 791. The Morgan fingerprint density at radius 2 is 2.05 bits per heavy atom. The SMILES string of the molecule is O=C(Nc1ccsc1)c1cc2ccccc2c(=O)[nH]1. The van der Waals surface area contributed by atoms with Gasteiger partial charge < -0.3 is 10.3 Å². The Hall–Kier alpha value is -2.40. The first-order chi connectivity index (χ1) is 9.24. The van der Waals surface area contributed by atoms with Gasteiger partial charge in [0.2, 0.25) is 0 Å². The van der Waals surface area contributed by atoms with Crippen LogP contribution in [0.4, 0.5) is 5.69 Å². The van der Waals surface area contributed by atoms with Crippen LogP contribution in [-0.4, -0.2) is 10.9 Å². The molecule has 3 aromatic rings. The minimum atomic E-state index is -0.318. The number of anilines is 1. The number of aromatic amines is 1. The van der Waals surface area contributed by atoms with Gasteiger partial charge in [-0.3, -0.25) is 9.59 Å². The van der Waals surface area contributed by atoms with Crippen LogP contribution in [0.5, 0.6) is 0 Å². The molecule has 4 nitrogen and oxygen atoms in total. The largest absolute Gasteiger partial charge is 0.320 e. The molecule has 0 saturated heterocycles. The molecule has 3 rings (SSSR count). The van der Waals surface area contributed by atoms with E-state index >= 15 is 0 Å². The summed E-state index contributed by atoms with van der Waals surface area (Å²) in [7, 11) is 0. The smallest absolute Gasteiger partial charge is 0.272 e. The molecule has 19 heavy (non-hydrogen) atoms. The molecule has 2 aromatic heterocycles. The van der Waals surface area contributed by atoms with Gasteiger partial charge in [0.25, 0.3) is 11.5 Å². The molecule has 0 spiro atoms. The Morgan fingerprint density at radius 3 is 2.84 bits per heavy atom. The molecule has 0 saturated carbocycles. The standard InChI is InChI=1S/C14H10N2O2S/c17-13-11-4-2-1-3-9(11)7-12(16-13)14(18)15-10-5-6-19-8-10/h1-8H,(H,15,18)(H,16,17). The first-order valence-electron chi connectivity index (χ1n) is 5.70. The van der Waals surface area contributed by atoms with Crippen LogP contribution >= 0.6 is 11.3 Å². The summed E-state index contributed by atoms with van der Waals surface area (Å²) in [5.41, 5.74) is 0.729. The molecular weight excluding hydrogens is 260 g/mol. The summed E-state index contributed by atoms with van der Waals surface area (Å²) in [5, 5.41) is 7.77. The summed E-state index contributed by atoms with van der Waals surface area (Å²) < 4.78 is 0. The van der Waals surface area contributed by atoms with Crippen molar-refractivity contribution in [3.05, 3.63) is 63.2 Å². The van der Waals surface area contributed by atoms with Crippen molar-refractivity contribution in [2.24, 2.45) is 0 Å². The van der Waals surface area contributed by atoms with E-state index in [1.807, 2.05) is 29.0 Å². The second kappa shape index (κ2) is 4.70. The highest BCUT2D eigenvalue weighted by Gasteiger charge is 2.09. The highest BCUT2D eigenvalue weighted by molar-refractivity contribution is 7.08. The van der Waals surface area contributed by atoms with E-state index < -0.39 is 0 Å². The Morgan fingerprint density at radius 1 is 1.21 bits per heavy atom. The fourth-order valence-corrected chi connectivity index (χ4v) is 2.46. The number of carbonyl (C=O) groups excluding carboxylic acids is 1. The molecule has 0 bridgehead atoms. The average Bonchev–Trinajstić information content (AvgIpc) is 2.91. The third kappa shape index (κ3) is 2.28. The zero-order chi connectivity index (χ0) is 13.2. The van der Waals surface area contributed by atoms with Crippen molar-refractivity contribution >= 4 is 33.7 Å². The van der Waals surface area contributed by atoms with E-state index in [0.29, 0.717) is 5.39 Å². The summed E-state index contributed by atoms with van der Waals surface area (Å²) in [5.74, 6) is -0.318. The molecule has 5 heteroatoms. The highest BCUT2D eigenvalue weighted by Crippen LogP contribution is 2.14. The minimum Gasteiger partial charge on any atom is -0.320 e. The minimum absolute atomic E-state index is 0.256. The molecule has 1 amide bonds. The van der Waals surface area contributed by atoms with Gasteiger partial charge in [-0.2, -0.15) is 11.3 Å². The average molecular weight is 270 g/mol. The van der Waals surface area contributed by atoms with Gasteiger partial charge in [-0.15, -0.1) is 0 Å². The van der Waals surface area contributed by atoms with Crippen LogP contribution in [0.3, 0.4) is 0 Å². The van der Waals surface area contributed by atoms with Gasteiger partial charge in [0.1, 0.15) is 5.69 Å². The van der Waals surface area contributed by atoms with Crippen molar-refractivity contribution in [2.75, 3.05) is 5.32 Å². The number of thiophene rings is 1. The number of benzene rings is 1. The van der Waals surface area contributed by atoms with Crippen LogP contribution in [0.25, 0.3) is 10.8 Å². The van der Waals surface area contributed by atoms with Crippen LogP contribution in [0, 0.1) is 0 Å². The number of aromatic nitrogens is 1. The summed E-state index contributed by atoms with van der Waals surface area (Å²) >= 11 is 1.50. The van der Waals surface area contributed by atoms with Gasteiger partial charge in [-0.05, 0) is 29.0 Å². The van der Waals surface area contributed by atoms with E-state index in [4.69, 9.17) is 0 Å². The maximum atomic E-state index is 12.0. The monoisotopic (exact) mass is 270 g/mol. The van der Waals surface area contributed by atoms with Crippen molar-refractivity contribution in [3.63, 3.8) is 0 Å². The predicted molar refractivity (Wildman–Crippen MR) is 76.8 cm³/mol. The number of carbonyl (C=O) groups is 1. The summed E-state index contributed by atoms with van der Waals surface area (Å²) in [4.78, 5) is 26.5. The first-order valence-corrected chi connectivity index (χ1v) is 6.64. The maximum absolute atomic E-state index is 12.0. The van der Waals surface area contributed by atoms with Gasteiger partial charge in [0, 0.05) is 10.8 Å². The quantitative estimate of drug-likeness (QED) is 0.752. The molecule has 1 aromatic carbocycles. The third-order valence-electron chi connectivity index (χ3n) is 2.78. The number of hydrogen-bond donors (Lipinski definition) is 2. The number of rotatable bonds is 2. The normalized spacial score (nSPS) is 10.5. The predicted octanol–water partition coefficient (Wildman–Crippen LogP) is 2.84. The second-order valence-electron chi connectivity index (χ2n) is 4.07. The summed E-state index contributed by atoms with van der Waals surface area (Å²) in [6, 6.07) is 10.7. The van der Waals surface area contributed by atoms with Crippen LogP contribution in [0.1, 0.15) is 10.5 Å². The lowest BCUT2D eigenvalue weighted by Gasteiger charge is -2.04. The van der Waals surface area contributed by atoms with Crippen LogP contribution in [0.2, 0.25) is 0 Å². The molecule has 2 N–H and O–H groups in total. The first kappa shape index (κ1) is 11.7. The second-order valence-corrected chi connectivity index (χ2v) is 4.85. The van der Waals surface area contributed by atoms with E-state index in [1.54, 1.807) is 18.2 Å². The Labute approximate surface area is 112 Å². The molecule has 0 fully saturated rings. The lowest BCUT2D eigenvalue weighted by atomic mass is 10.1. The van der Waals surface area contributed by atoms with E-state index in [2.05, 4.69) is 10.3 Å². The number of amides is 1. The maximum Gasteiger partial charge on any atom is 0.272 e. The number of hydrogen-bond acceptors (Lipinski definition) is 3. The molecular formula is C14H10N2O2S. The fraction of sp³-hybridized carbons (Fsp3) is 0. The molecule has 0 radical (unpaired) electrons. The fourth-order valence-electron chi connectivity index (χ4n) is 1.87. The number of pyridine rings is 1. The molecule has 0 atom stereocenters. The molecule has 0 unspecified atom stereocenters. The van der Waals surface area contributed by atoms with Crippen molar-refractivity contribution in [2.45, 2.75) is 0 Å². The van der Waals surface area contributed by atoms with Gasteiger partial charge in [-0.25, -0.2) is 0 Å². The van der Waals surface area contributed by atoms with Gasteiger partial charge in [0.05, 0.1) is 5.69 Å². The zero-order valence-electron chi connectivity index (χ0n) is 9.84. The molecule has 0 aliphatic heterocycles. The number of fused-ring (bicyclic) bond motifs is 1. The van der Waals surface area contributed by atoms with E-state index in [1.165, 1.54) is 11.3 Å². The third-order valence-corrected chi connectivity index (χ3v) is 3.46. The van der Waals surface area contributed by atoms with Gasteiger partial charge in [0.15, 0.2) is 0 Å². The summed E-state index contributed by atoms with van der Waals surface area (Å²) in [6.45, 7) is 0. The molecule has 0 aliphatic carbocycles. The topological polar surface area (TPSA) is 62.0 Å². The van der Waals surface area contributed by atoms with Crippen molar-refractivity contribution < 1.29 is 4.79 Å². The lowest BCUT2D eigenvalue weighted by molar-refractivity contribution is 0.102. The van der Waals surface area contributed by atoms with Crippen molar-refractivity contribution in [1.82, 2.24) is 4.98 Å². The van der Waals surface area contributed by atoms with Crippen LogP contribution < -0.4 is 10.9 Å². The van der Waals surface area contributed by atoms with Crippen LogP contribution in [-0.2, 0) is 0 Å². The van der Waals surface area contributed by atoms with E-state index in [9.17, 15) is 9.59 Å². The molecule has 0 aliphatic rings. The van der Waals surface area contributed by atoms with Crippen LogP contribution in [0.15, 0.2) is 52.0 Å². The summed E-state index contributed by atoms with van der Waals surface area (Å²) in [6.07, 6.45) is 0. The van der Waals surface area contributed by atoms with Crippen molar-refractivity contribution in [1.29, 1.82) is 0 Å². The Balaban J connectivity index is 2.01. The van der Waals surface area contributed by atoms with E-state index in [-0.39, 0.29) is 17.2 Å². The number of H-pyrrole nitrogens is 1. The van der Waals surface area contributed by atoms with E-state index in [0.717, 1.165) is 11.1 Å². The zero-order valence-corrected chi connectivity index (χ0v) is 10.7. The molecule has 94 valence electrons. The highest BCUT2D eigenvalue weighted by atomic mass is 32.1. The lowest BCUT2D eigenvalue weighted by Crippen LogP contribution is -2.18. The van der Waals surface area contributed by atoms with Gasteiger partial charge >= 0.3 is 0 Å². The number of nitrogens with one attached hydrogen (secondary N) is 2. The molecule has 2 heterocycles. The van der Waals surface area contributed by atoms with Gasteiger partial charge in [-0.1, -0.05) is 18.2 Å². The van der Waals surface area contributed by atoms with Crippen molar-refractivity contribution in [3.8, 4) is 0 Å². The Kier molecular flexibility index (Phi) is 2.89.